The standard InChI is InChI=1S/C8H11N5/c1-4(9)7-11-5-2-3-6(10)12-8(5)13-7/h2-4H,9H2,1H3,(H3,10,11,12,13). The number of H-pyrrole nitrogens is 1. The van der Waals surface area contributed by atoms with Crippen LogP contribution < -0.4 is 11.5 Å². The fourth-order valence-electron chi connectivity index (χ4n) is 1.14. The quantitative estimate of drug-likeness (QED) is 0.593. The first kappa shape index (κ1) is 8.00. The summed E-state index contributed by atoms with van der Waals surface area (Å²) in [6, 6.07) is 3.46. The molecule has 0 saturated carbocycles. The van der Waals surface area contributed by atoms with E-state index in [9.17, 15) is 0 Å². The first-order valence-electron chi connectivity index (χ1n) is 4.04. The summed E-state index contributed by atoms with van der Waals surface area (Å²) < 4.78 is 0. The van der Waals surface area contributed by atoms with Crippen LogP contribution in [-0.4, -0.2) is 15.0 Å². The van der Waals surface area contributed by atoms with Gasteiger partial charge >= 0.3 is 0 Å². The summed E-state index contributed by atoms with van der Waals surface area (Å²) in [6.07, 6.45) is 0. The van der Waals surface area contributed by atoms with Crippen LogP contribution in [0.4, 0.5) is 5.82 Å². The van der Waals surface area contributed by atoms with Gasteiger partial charge in [0.1, 0.15) is 11.6 Å². The van der Waals surface area contributed by atoms with E-state index in [-0.39, 0.29) is 6.04 Å². The minimum Gasteiger partial charge on any atom is -0.384 e. The molecular weight excluding hydrogens is 166 g/mol. The lowest BCUT2D eigenvalue weighted by atomic mass is 10.3. The molecule has 68 valence electrons. The summed E-state index contributed by atoms with van der Waals surface area (Å²) in [7, 11) is 0. The molecule has 2 rings (SSSR count). The average molecular weight is 177 g/mol. The highest BCUT2D eigenvalue weighted by molar-refractivity contribution is 5.72. The molecule has 2 aromatic heterocycles. The maximum Gasteiger partial charge on any atom is 0.179 e. The predicted octanol–water partition coefficient (Wildman–Crippen LogP) is 0.560. The Morgan fingerprint density at radius 2 is 2.15 bits per heavy atom. The van der Waals surface area contributed by atoms with Crippen LogP contribution in [0.1, 0.15) is 18.8 Å². The lowest BCUT2D eigenvalue weighted by Gasteiger charge is -1.96. The van der Waals surface area contributed by atoms with Gasteiger partial charge in [0.05, 0.1) is 11.6 Å². The van der Waals surface area contributed by atoms with E-state index in [0.717, 1.165) is 11.3 Å². The number of rotatable bonds is 1. The van der Waals surface area contributed by atoms with Gasteiger partial charge in [0.2, 0.25) is 0 Å². The topological polar surface area (TPSA) is 93.6 Å². The number of hydrogen-bond donors (Lipinski definition) is 3. The maximum atomic E-state index is 5.66. The second-order valence-corrected chi connectivity index (χ2v) is 3.02. The average Bonchev–Trinajstić information content (AvgIpc) is 2.46. The number of fused-ring (bicyclic) bond motifs is 1. The number of hydrogen-bond acceptors (Lipinski definition) is 4. The van der Waals surface area contributed by atoms with Crippen molar-refractivity contribution in [3.63, 3.8) is 0 Å². The molecule has 5 nitrogen and oxygen atoms in total. The summed E-state index contributed by atoms with van der Waals surface area (Å²) in [5.74, 6) is 1.20. The lowest BCUT2D eigenvalue weighted by molar-refractivity contribution is 0.759. The molecule has 13 heavy (non-hydrogen) atoms. The third kappa shape index (κ3) is 1.33. The molecule has 2 aromatic rings. The molecule has 0 aromatic carbocycles. The molecular formula is C8H11N5. The molecule has 0 radical (unpaired) electrons. The third-order valence-corrected chi connectivity index (χ3v) is 1.82. The molecule has 1 unspecified atom stereocenters. The predicted molar refractivity (Wildman–Crippen MR) is 50.9 cm³/mol. The van der Waals surface area contributed by atoms with E-state index in [1.165, 1.54) is 0 Å². The highest BCUT2D eigenvalue weighted by atomic mass is 15.0. The van der Waals surface area contributed by atoms with Crippen molar-refractivity contribution in [1.82, 2.24) is 15.0 Å². The molecule has 0 aliphatic heterocycles. The SMILES string of the molecule is CC(N)c1nc2nc(N)ccc2[nH]1. The van der Waals surface area contributed by atoms with Gasteiger partial charge in [0.15, 0.2) is 5.65 Å². The van der Waals surface area contributed by atoms with Gasteiger partial charge in [0, 0.05) is 0 Å². The van der Waals surface area contributed by atoms with Crippen LogP contribution in [-0.2, 0) is 0 Å². The molecule has 0 fully saturated rings. The normalized spacial score (nSPS) is 13.4. The highest BCUT2D eigenvalue weighted by Crippen LogP contribution is 2.13. The number of aromatic amines is 1. The Morgan fingerprint density at radius 1 is 1.38 bits per heavy atom. The van der Waals surface area contributed by atoms with Gasteiger partial charge in [-0.2, -0.15) is 0 Å². The zero-order chi connectivity index (χ0) is 9.42. The maximum absolute atomic E-state index is 5.66. The Morgan fingerprint density at radius 3 is 2.85 bits per heavy atom. The first-order valence-corrected chi connectivity index (χ1v) is 4.04. The fourth-order valence-corrected chi connectivity index (χ4v) is 1.14. The highest BCUT2D eigenvalue weighted by Gasteiger charge is 2.06. The second kappa shape index (κ2) is 2.70. The molecule has 0 bridgehead atoms. The Bertz CT molecular complexity index is 431. The Hall–Kier alpha value is -1.62. The van der Waals surface area contributed by atoms with E-state index in [1.807, 2.05) is 13.0 Å². The molecule has 0 aliphatic rings. The third-order valence-electron chi connectivity index (χ3n) is 1.82. The van der Waals surface area contributed by atoms with Crippen LogP contribution in [0.25, 0.3) is 11.2 Å². The summed E-state index contributed by atoms with van der Waals surface area (Å²) in [5, 5.41) is 0. The van der Waals surface area contributed by atoms with Crippen LogP contribution in [0.3, 0.4) is 0 Å². The van der Waals surface area contributed by atoms with Gasteiger partial charge in [-0.1, -0.05) is 0 Å². The Balaban J connectivity index is 2.62. The Kier molecular flexibility index (Phi) is 1.66. The van der Waals surface area contributed by atoms with Gasteiger partial charge in [-0.25, -0.2) is 9.97 Å². The van der Waals surface area contributed by atoms with Gasteiger partial charge in [-0.05, 0) is 19.1 Å². The van der Waals surface area contributed by atoms with Crippen molar-refractivity contribution in [2.45, 2.75) is 13.0 Å². The number of nitrogen functional groups attached to an aromatic ring is 1. The molecule has 1 atom stereocenters. The van der Waals surface area contributed by atoms with E-state index in [4.69, 9.17) is 11.5 Å². The van der Waals surface area contributed by atoms with Crippen molar-refractivity contribution >= 4 is 17.0 Å². The van der Waals surface area contributed by atoms with E-state index < -0.39 is 0 Å². The number of nitrogens with two attached hydrogens (primary N) is 2. The number of aromatic nitrogens is 3. The van der Waals surface area contributed by atoms with Crippen LogP contribution in [0.5, 0.6) is 0 Å². The minimum absolute atomic E-state index is 0.115. The first-order chi connectivity index (χ1) is 6.16. The molecule has 0 aliphatic carbocycles. The monoisotopic (exact) mass is 177 g/mol. The van der Waals surface area contributed by atoms with E-state index in [1.54, 1.807) is 6.07 Å². The fraction of sp³-hybridized carbons (Fsp3) is 0.250. The molecule has 0 amide bonds. The molecule has 0 spiro atoms. The largest absolute Gasteiger partial charge is 0.384 e. The van der Waals surface area contributed by atoms with Gasteiger partial charge < -0.3 is 16.5 Å². The second-order valence-electron chi connectivity index (χ2n) is 3.02. The number of imidazole rings is 1. The molecule has 5 N–H and O–H groups in total. The minimum atomic E-state index is -0.115. The van der Waals surface area contributed by atoms with Gasteiger partial charge in [0.25, 0.3) is 0 Å². The van der Waals surface area contributed by atoms with Crippen LogP contribution in [0.2, 0.25) is 0 Å². The summed E-state index contributed by atoms with van der Waals surface area (Å²) in [4.78, 5) is 11.3. The summed E-state index contributed by atoms with van der Waals surface area (Å²) >= 11 is 0. The van der Waals surface area contributed by atoms with E-state index >= 15 is 0 Å². The summed E-state index contributed by atoms with van der Waals surface area (Å²) in [5.41, 5.74) is 12.7. The van der Waals surface area contributed by atoms with Crippen molar-refractivity contribution in [1.29, 1.82) is 0 Å². The smallest absolute Gasteiger partial charge is 0.179 e. The van der Waals surface area contributed by atoms with Gasteiger partial charge in [-0.3, -0.25) is 0 Å². The van der Waals surface area contributed by atoms with Crippen molar-refractivity contribution < 1.29 is 0 Å². The summed E-state index contributed by atoms with van der Waals surface area (Å²) in [6.45, 7) is 1.86. The van der Waals surface area contributed by atoms with Crippen LogP contribution in [0.15, 0.2) is 12.1 Å². The number of nitrogens with one attached hydrogen (secondary N) is 1. The molecule has 5 heteroatoms. The zero-order valence-corrected chi connectivity index (χ0v) is 7.28. The number of pyridine rings is 1. The lowest BCUT2D eigenvalue weighted by Crippen LogP contribution is -2.06. The molecule has 0 saturated heterocycles. The number of anilines is 1. The van der Waals surface area contributed by atoms with E-state index in [0.29, 0.717) is 11.5 Å². The Labute approximate surface area is 75.2 Å². The zero-order valence-electron chi connectivity index (χ0n) is 7.28. The van der Waals surface area contributed by atoms with Crippen LogP contribution in [0, 0.1) is 0 Å². The van der Waals surface area contributed by atoms with Crippen molar-refractivity contribution in [2.75, 3.05) is 5.73 Å². The van der Waals surface area contributed by atoms with Crippen molar-refractivity contribution in [3.8, 4) is 0 Å². The van der Waals surface area contributed by atoms with Crippen LogP contribution >= 0.6 is 0 Å². The molecule has 2 heterocycles. The van der Waals surface area contributed by atoms with E-state index in [2.05, 4.69) is 15.0 Å². The van der Waals surface area contributed by atoms with Gasteiger partial charge in [-0.15, -0.1) is 0 Å². The number of nitrogens with zero attached hydrogens (tertiary/aromatic N) is 2. The van der Waals surface area contributed by atoms with Crippen molar-refractivity contribution in [2.24, 2.45) is 5.73 Å². The van der Waals surface area contributed by atoms with Crippen molar-refractivity contribution in [3.05, 3.63) is 18.0 Å².